The van der Waals surface area contributed by atoms with E-state index >= 15 is 0 Å². The molecule has 7 nitrogen and oxygen atoms in total. The molecule has 8 heteroatoms. The number of nitriles is 1. The fraction of sp³-hybridized carbons (Fsp3) is 0.500. The summed E-state index contributed by atoms with van der Waals surface area (Å²) in [6.45, 7) is 3.74. The minimum Gasteiger partial charge on any atom is -0.308 e. The van der Waals surface area contributed by atoms with Crippen molar-refractivity contribution in [2.45, 2.75) is 50.7 Å². The highest BCUT2D eigenvalue weighted by Gasteiger charge is 2.29. The molecule has 1 saturated carbocycles. The predicted molar refractivity (Wildman–Crippen MR) is 108 cm³/mol. The van der Waals surface area contributed by atoms with Crippen molar-refractivity contribution in [2.75, 3.05) is 5.75 Å². The predicted octanol–water partition coefficient (Wildman–Crippen LogP) is 3.93. The van der Waals surface area contributed by atoms with Crippen LogP contribution in [0, 0.1) is 28.6 Å². The third-order valence-electron chi connectivity index (χ3n) is 5.21. The highest BCUT2D eigenvalue weighted by Crippen LogP contribution is 2.38. The van der Waals surface area contributed by atoms with E-state index in [1.54, 1.807) is 12.4 Å². The Morgan fingerprint density at radius 2 is 2.21 bits per heavy atom. The van der Waals surface area contributed by atoms with Gasteiger partial charge in [-0.2, -0.15) is 5.26 Å². The second-order valence-electron chi connectivity index (χ2n) is 7.25. The van der Waals surface area contributed by atoms with Gasteiger partial charge in [0.1, 0.15) is 5.92 Å². The number of thioether (sulfide) groups is 1. The lowest BCUT2D eigenvalue weighted by atomic mass is 9.85. The number of hydrogen-bond donors (Lipinski definition) is 1. The van der Waals surface area contributed by atoms with Gasteiger partial charge in [0.25, 0.3) is 0 Å². The minimum atomic E-state index is -0.990. The monoisotopic (exact) mass is 396 g/mol. The number of carbonyl (C=O) groups is 1. The molecular weight excluding hydrogens is 372 g/mol. The van der Waals surface area contributed by atoms with Gasteiger partial charge in [-0.15, -0.1) is 10.2 Å². The highest BCUT2D eigenvalue weighted by molar-refractivity contribution is 7.99. The Morgan fingerprint density at radius 1 is 1.43 bits per heavy atom. The quantitative estimate of drug-likeness (QED) is 0.561. The molecule has 1 fully saturated rings. The van der Waals surface area contributed by atoms with Crippen LogP contribution in [0.2, 0.25) is 0 Å². The van der Waals surface area contributed by atoms with Crippen LogP contribution in [0.3, 0.4) is 0 Å². The Labute approximate surface area is 169 Å². The number of rotatable bonds is 7. The lowest BCUT2D eigenvalue weighted by molar-refractivity contribution is -0.117. The number of pyridine rings is 1. The van der Waals surface area contributed by atoms with E-state index in [9.17, 15) is 4.79 Å². The lowest BCUT2D eigenvalue weighted by Gasteiger charge is -2.31. The van der Waals surface area contributed by atoms with Crippen LogP contribution in [0.15, 0.2) is 29.7 Å². The van der Waals surface area contributed by atoms with E-state index in [4.69, 9.17) is 10.7 Å². The van der Waals surface area contributed by atoms with Gasteiger partial charge < -0.3 is 5.41 Å². The molecule has 0 amide bonds. The fourth-order valence-corrected chi connectivity index (χ4v) is 4.57. The van der Waals surface area contributed by atoms with Crippen molar-refractivity contribution in [2.24, 2.45) is 11.8 Å². The standard InChI is InChI=1S/C20H24N6OS/c1-13-6-3-4-8-17(13)26-19(15-7-5-9-23-11-15)24-25-20(26)28-12-18(27)16(10-21)14(2)22/h5,7,9,11,13,16-17,22H,3-4,6,8,12H2,1-2H3/t13-,16-,17+/m0/s1. The number of ketones is 1. The molecule has 0 spiro atoms. The SMILES string of the molecule is CC(=N)[C@H](C#N)C(=O)CSc1nnc(-c2cccnc2)n1[C@@H]1CCCC[C@@H]1C. The Balaban J connectivity index is 1.91. The molecule has 0 unspecified atom stereocenters. The third kappa shape index (κ3) is 4.30. The zero-order valence-electron chi connectivity index (χ0n) is 16.1. The third-order valence-corrected chi connectivity index (χ3v) is 6.18. The van der Waals surface area contributed by atoms with E-state index in [1.165, 1.54) is 25.1 Å². The number of Topliss-reactive ketones (excluding diaryl/α,β-unsaturated/α-hetero) is 1. The zero-order chi connectivity index (χ0) is 20.1. The molecule has 1 aliphatic carbocycles. The Bertz CT molecular complexity index is 888. The van der Waals surface area contributed by atoms with Crippen LogP contribution in [0.4, 0.5) is 0 Å². The van der Waals surface area contributed by atoms with Gasteiger partial charge in [-0.1, -0.05) is 31.5 Å². The van der Waals surface area contributed by atoms with E-state index < -0.39 is 5.92 Å². The Morgan fingerprint density at radius 3 is 2.86 bits per heavy atom. The summed E-state index contributed by atoms with van der Waals surface area (Å²) in [7, 11) is 0. The molecule has 146 valence electrons. The first kappa shape index (κ1) is 20.2. The van der Waals surface area contributed by atoms with Crippen LogP contribution < -0.4 is 0 Å². The maximum atomic E-state index is 12.4. The van der Waals surface area contributed by atoms with Crippen molar-refractivity contribution in [3.8, 4) is 17.5 Å². The van der Waals surface area contributed by atoms with Crippen molar-refractivity contribution >= 4 is 23.3 Å². The summed E-state index contributed by atoms with van der Waals surface area (Å²) in [5, 5.41) is 26.2. The fourth-order valence-electron chi connectivity index (χ4n) is 3.68. The normalized spacial score (nSPS) is 20.3. The summed E-state index contributed by atoms with van der Waals surface area (Å²) >= 11 is 1.30. The summed E-state index contributed by atoms with van der Waals surface area (Å²) in [5.74, 6) is 0.0954. The maximum Gasteiger partial charge on any atom is 0.192 e. The second kappa shape index (κ2) is 9.11. The van der Waals surface area contributed by atoms with Gasteiger partial charge in [0.05, 0.1) is 11.8 Å². The van der Waals surface area contributed by atoms with Gasteiger partial charge in [0.15, 0.2) is 16.8 Å². The lowest BCUT2D eigenvalue weighted by Crippen LogP contribution is -2.24. The van der Waals surface area contributed by atoms with Crippen LogP contribution in [0.5, 0.6) is 0 Å². The highest BCUT2D eigenvalue weighted by atomic mass is 32.2. The van der Waals surface area contributed by atoms with E-state index in [2.05, 4.69) is 26.7 Å². The molecular formula is C20H24N6OS. The first-order chi connectivity index (χ1) is 13.5. The molecule has 3 atom stereocenters. The molecule has 0 aromatic carbocycles. The van der Waals surface area contributed by atoms with E-state index in [1.807, 2.05) is 18.2 Å². The van der Waals surface area contributed by atoms with Crippen LogP contribution in [0.25, 0.3) is 11.4 Å². The first-order valence-corrected chi connectivity index (χ1v) is 10.5. The van der Waals surface area contributed by atoms with Crippen LogP contribution >= 0.6 is 11.8 Å². The first-order valence-electron chi connectivity index (χ1n) is 9.48. The molecule has 1 aliphatic rings. The smallest absolute Gasteiger partial charge is 0.192 e. The molecule has 0 saturated heterocycles. The largest absolute Gasteiger partial charge is 0.308 e. The minimum absolute atomic E-state index is 0.0755. The van der Waals surface area contributed by atoms with E-state index in [0.29, 0.717) is 11.1 Å². The van der Waals surface area contributed by atoms with Crippen molar-refractivity contribution in [3.05, 3.63) is 24.5 Å². The van der Waals surface area contributed by atoms with Gasteiger partial charge >= 0.3 is 0 Å². The van der Waals surface area contributed by atoms with Crippen molar-refractivity contribution in [1.29, 1.82) is 10.7 Å². The topological polar surface area (TPSA) is 108 Å². The molecule has 0 bridgehead atoms. The number of carbonyl (C=O) groups excluding carboxylic acids is 1. The van der Waals surface area contributed by atoms with Gasteiger partial charge in [-0.25, -0.2) is 0 Å². The number of nitrogens with zero attached hydrogens (tertiary/aromatic N) is 5. The number of aromatic nitrogens is 4. The number of nitrogens with one attached hydrogen (secondary N) is 1. The zero-order valence-corrected chi connectivity index (χ0v) is 16.9. The van der Waals surface area contributed by atoms with Gasteiger partial charge in [-0.05, 0) is 37.8 Å². The van der Waals surface area contributed by atoms with E-state index in [0.717, 1.165) is 30.7 Å². The van der Waals surface area contributed by atoms with Gasteiger partial charge in [0.2, 0.25) is 0 Å². The molecule has 3 rings (SSSR count). The van der Waals surface area contributed by atoms with Crippen LogP contribution in [-0.2, 0) is 4.79 Å². The van der Waals surface area contributed by atoms with Crippen LogP contribution in [-0.4, -0.2) is 37.0 Å². The van der Waals surface area contributed by atoms with E-state index in [-0.39, 0.29) is 23.3 Å². The molecule has 28 heavy (non-hydrogen) atoms. The summed E-state index contributed by atoms with van der Waals surface area (Å²) in [6, 6.07) is 6.02. The molecule has 0 aliphatic heterocycles. The number of hydrogen-bond acceptors (Lipinski definition) is 7. The summed E-state index contributed by atoms with van der Waals surface area (Å²) in [4.78, 5) is 16.6. The van der Waals surface area contributed by atoms with Crippen molar-refractivity contribution in [3.63, 3.8) is 0 Å². The molecule has 2 heterocycles. The maximum absolute atomic E-state index is 12.4. The Kier molecular flexibility index (Phi) is 6.57. The van der Waals surface area contributed by atoms with Crippen molar-refractivity contribution < 1.29 is 4.79 Å². The molecule has 2 aromatic heterocycles. The Hall–Kier alpha value is -2.53. The summed E-state index contributed by atoms with van der Waals surface area (Å²) in [5.41, 5.74) is 0.975. The molecule has 2 aromatic rings. The van der Waals surface area contributed by atoms with Gasteiger partial charge in [0, 0.05) is 29.7 Å². The molecule has 0 radical (unpaired) electrons. The van der Waals surface area contributed by atoms with Crippen molar-refractivity contribution in [1.82, 2.24) is 19.7 Å². The average molecular weight is 397 g/mol. The van der Waals surface area contributed by atoms with Crippen LogP contribution in [0.1, 0.15) is 45.6 Å². The average Bonchev–Trinajstić information content (AvgIpc) is 3.11. The summed E-state index contributed by atoms with van der Waals surface area (Å²) < 4.78 is 2.15. The second-order valence-corrected chi connectivity index (χ2v) is 8.19. The summed E-state index contributed by atoms with van der Waals surface area (Å²) in [6.07, 6.45) is 8.09. The van der Waals surface area contributed by atoms with Gasteiger partial charge in [-0.3, -0.25) is 14.3 Å². The molecule has 1 N–H and O–H groups in total.